The molecule has 0 saturated heterocycles. The minimum absolute atomic E-state index is 0.0251. The van der Waals surface area contributed by atoms with Gasteiger partial charge < -0.3 is 15.2 Å². The fourth-order valence-corrected chi connectivity index (χ4v) is 3.87. The summed E-state index contributed by atoms with van der Waals surface area (Å²) in [7, 11) is 2.09. The molecule has 0 radical (unpaired) electrons. The Morgan fingerprint density at radius 1 is 0.969 bits per heavy atom. The van der Waals surface area contributed by atoms with Crippen molar-refractivity contribution in [3.8, 4) is 5.88 Å². The number of carboxylic acids is 1. The van der Waals surface area contributed by atoms with Crippen LogP contribution < -0.4 is 0 Å². The van der Waals surface area contributed by atoms with Gasteiger partial charge in [-0.25, -0.2) is 4.79 Å². The van der Waals surface area contributed by atoms with Gasteiger partial charge in [-0.2, -0.15) is 0 Å². The standard InChI is InChI=1S/C26H25N3O3/c1-17(24-22-14-20(26(31)32)10-13-23(22)28-25(24)30)27-21-11-8-19(9-12-21)16-29(2)15-18-6-4-3-5-7-18/h3-14,28,30H,15-16H2,1-2H3,(H,31,32). The fraction of sp³-hybridized carbons (Fsp3) is 0.154. The molecule has 0 saturated carbocycles. The molecule has 6 heteroatoms. The molecule has 0 fully saturated rings. The molecule has 0 aliphatic heterocycles. The number of benzene rings is 3. The third-order valence-electron chi connectivity index (χ3n) is 5.37. The molecule has 1 heterocycles. The maximum Gasteiger partial charge on any atom is 0.335 e. The number of nitrogens with one attached hydrogen (secondary N) is 1. The predicted molar refractivity (Wildman–Crippen MR) is 127 cm³/mol. The summed E-state index contributed by atoms with van der Waals surface area (Å²) in [5, 5.41) is 20.3. The lowest BCUT2D eigenvalue weighted by Crippen LogP contribution is -2.17. The molecular formula is C26H25N3O3. The predicted octanol–water partition coefficient (Wildman–Crippen LogP) is 5.34. The van der Waals surface area contributed by atoms with Gasteiger partial charge in [-0.3, -0.25) is 9.89 Å². The Kier molecular flexibility index (Phi) is 6.05. The summed E-state index contributed by atoms with van der Waals surface area (Å²) in [5.74, 6) is -1.04. The molecule has 0 unspecified atom stereocenters. The van der Waals surface area contributed by atoms with Gasteiger partial charge in [-0.05, 0) is 55.4 Å². The van der Waals surface area contributed by atoms with E-state index in [2.05, 4.69) is 34.1 Å². The summed E-state index contributed by atoms with van der Waals surface area (Å²) in [6, 6.07) is 23.1. The lowest BCUT2D eigenvalue weighted by atomic mass is 10.1. The van der Waals surface area contributed by atoms with Gasteiger partial charge in [0.2, 0.25) is 0 Å². The van der Waals surface area contributed by atoms with Crippen LogP contribution in [0.4, 0.5) is 5.69 Å². The number of aromatic carboxylic acids is 1. The molecule has 6 nitrogen and oxygen atoms in total. The van der Waals surface area contributed by atoms with Crippen LogP contribution >= 0.6 is 0 Å². The van der Waals surface area contributed by atoms with E-state index < -0.39 is 5.97 Å². The highest BCUT2D eigenvalue weighted by Gasteiger charge is 2.16. The summed E-state index contributed by atoms with van der Waals surface area (Å²) in [6.07, 6.45) is 0. The smallest absolute Gasteiger partial charge is 0.335 e. The van der Waals surface area contributed by atoms with Crippen molar-refractivity contribution in [2.24, 2.45) is 4.99 Å². The molecule has 0 aliphatic carbocycles. The van der Waals surface area contributed by atoms with E-state index in [0.717, 1.165) is 18.8 Å². The Hall–Kier alpha value is -3.90. The van der Waals surface area contributed by atoms with Gasteiger partial charge in [0.1, 0.15) is 0 Å². The first-order valence-electron chi connectivity index (χ1n) is 10.4. The van der Waals surface area contributed by atoms with E-state index in [9.17, 15) is 15.0 Å². The minimum atomic E-state index is -1.01. The van der Waals surface area contributed by atoms with Crippen LogP contribution in [0.25, 0.3) is 10.9 Å². The Bertz CT molecular complexity index is 1280. The number of fused-ring (bicyclic) bond motifs is 1. The number of nitrogens with zero attached hydrogens (tertiary/aromatic N) is 2. The molecule has 0 aliphatic rings. The van der Waals surface area contributed by atoms with Crippen LogP contribution in [-0.2, 0) is 13.1 Å². The van der Waals surface area contributed by atoms with Gasteiger partial charge in [0, 0.05) is 24.0 Å². The first-order valence-corrected chi connectivity index (χ1v) is 10.4. The van der Waals surface area contributed by atoms with Crippen molar-refractivity contribution in [2.75, 3.05) is 7.05 Å². The maximum absolute atomic E-state index is 11.3. The van der Waals surface area contributed by atoms with E-state index in [-0.39, 0.29) is 11.4 Å². The first kappa shape index (κ1) is 21.3. The van der Waals surface area contributed by atoms with Gasteiger partial charge in [-0.1, -0.05) is 42.5 Å². The molecule has 3 aromatic carbocycles. The number of carboxylic acid groups (broad SMARTS) is 1. The van der Waals surface area contributed by atoms with Crippen molar-refractivity contribution in [3.05, 3.63) is 95.1 Å². The lowest BCUT2D eigenvalue weighted by molar-refractivity contribution is 0.0697. The van der Waals surface area contributed by atoms with Crippen LogP contribution in [0.5, 0.6) is 5.88 Å². The second-order valence-electron chi connectivity index (χ2n) is 7.94. The zero-order valence-electron chi connectivity index (χ0n) is 18.0. The van der Waals surface area contributed by atoms with Gasteiger partial charge in [0.05, 0.1) is 22.5 Å². The number of aromatic amines is 1. The van der Waals surface area contributed by atoms with E-state index in [0.29, 0.717) is 22.2 Å². The summed E-state index contributed by atoms with van der Waals surface area (Å²) >= 11 is 0. The third kappa shape index (κ3) is 4.71. The van der Waals surface area contributed by atoms with Crippen molar-refractivity contribution in [2.45, 2.75) is 20.0 Å². The molecule has 162 valence electrons. The average molecular weight is 428 g/mol. The molecule has 0 atom stereocenters. The van der Waals surface area contributed by atoms with Crippen molar-refractivity contribution in [3.63, 3.8) is 0 Å². The Labute approximate surface area is 186 Å². The third-order valence-corrected chi connectivity index (χ3v) is 5.37. The molecular weight excluding hydrogens is 402 g/mol. The van der Waals surface area contributed by atoms with Gasteiger partial charge >= 0.3 is 5.97 Å². The molecule has 4 rings (SSSR count). The number of aromatic hydroxyl groups is 1. The van der Waals surface area contributed by atoms with Crippen LogP contribution in [0.15, 0.2) is 77.8 Å². The number of hydrogen-bond donors (Lipinski definition) is 3. The second kappa shape index (κ2) is 9.08. The first-order chi connectivity index (χ1) is 15.4. The molecule has 32 heavy (non-hydrogen) atoms. The van der Waals surface area contributed by atoms with Crippen LogP contribution in [0.1, 0.15) is 34.0 Å². The summed E-state index contributed by atoms with van der Waals surface area (Å²) < 4.78 is 0. The van der Waals surface area contributed by atoms with Crippen molar-refractivity contribution < 1.29 is 15.0 Å². The number of rotatable bonds is 7. The fourth-order valence-electron chi connectivity index (χ4n) is 3.87. The molecule has 0 spiro atoms. The highest BCUT2D eigenvalue weighted by Crippen LogP contribution is 2.30. The van der Waals surface area contributed by atoms with Gasteiger partial charge in [0.15, 0.2) is 5.88 Å². The largest absolute Gasteiger partial charge is 0.494 e. The number of hydrogen-bond acceptors (Lipinski definition) is 4. The van der Waals surface area contributed by atoms with Crippen molar-refractivity contribution >= 4 is 28.3 Å². The van der Waals surface area contributed by atoms with Crippen LogP contribution in [0, 0.1) is 0 Å². The highest BCUT2D eigenvalue weighted by atomic mass is 16.4. The quantitative estimate of drug-likeness (QED) is 0.347. The van der Waals surface area contributed by atoms with Gasteiger partial charge in [-0.15, -0.1) is 0 Å². The molecule has 3 N–H and O–H groups in total. The molecule has 0 bridgehead atoms. The molecule has 1 aromatic heterocycles. The zero-order chi connectivity index (χ0) is 22.7. The van der Waals surface area contributed by atoms with Crippen molar-refractivity contribution in [1.29, 1.82) is 0 Å². The number of aromatic nitrogens is 1. The van der Waals surface area contributed by atoms with Crippen LogP contribution in [0.2, 0.25) is 0 Å². The van der Waals surface area contributed by atoms with E-state index >= 15 is 0 Å². The number of aliphatic imine (C=N–C) groups is 1. The number of H-pyrrole nitrogens is 1. The monoisotopic (exact) mass is 427 g/mol. The second-order valence-corrected chi connectivity index (χ2v) is 7.94. The normalized spacial score (nSPS) is 11.9. The summed E-state index contributed by atoms with van der Waals surface area (Å²) in [4.78, 5) is 21.1. The SMILES string of the molecule is CC(=Nc1ccc(CN(C)Cc2ccccc2)cc1)c1c(O)[nH]c2ccc(C(=O)O)cc12. The van der Waals surface area contributed by atoms with E-state index in [4.69, 9.17) is 0 Å². The minimum Gasteiger partial charge on any atom is -0.494 e. The van der Waals surface area contributed by atoms with Crippen molar-refractivity contribution in [1.82, 2.24) is 9.88 Å². The van der Waals surface area contributed by atoms with E-state index in [1.54, 1.807) is 19.1 Å². The summed E-state index contributed by atoms with van der Waals surface area (Å²) in [6.45, 7) is 3.49. The van der Waals surface area contributed by atoms with Gasteiger partial charge in [0.25, 0.3) is 0 Å². The topological polar surface area (TPSA) is 88.9 Å². The van der Waals surface area contributed by atoms with E-state index in [1.807, 2.05) is 42.5 Å². The lowest BCUT2D eigenvalue weighted by Gasteiger charge is -2.17. The zero-order valence-corrected chi connectivity index (χ0v) is 18.0. The average Bonchev–Trinajstić information content (AvgIpc) is 3.10. The molecule has 4 aromatic rings. The Morgan fingerprint density at radius 2 is 1.62 bits per heavy atom. The van der Waals surface area contributed by atoms with Crippen LogP contribution in [-0.4, -0.2) is 38.8 Å². The van der Waals surface area contributed by atoms with Crippen LogP contribution in [0.3, 0.4) is 0 Å². The highest BCUT2D eigenvalue weighted by molar-refractivity contribution is 6.13. The maximum atomic E-state index is 11.3. The Balaban J connectivity index is 1.52. The number of carbonyl (C=O) groups is 1. The van der Waals surface area contributed by atoms with E-state index in [1.165, 1.54) is 17.2 Å². The summed E-state index contributed by atoms with van der Waals surface area (Å²) in [5.41, 5.74) is 5.15. The Morgan fingerprint density at radius 3 is 2.28 bits per heavy atom. The molecule has 0 amide bonds.